The molecule has 2 rings (SSSR count). The zero-order chi connectivity index (χ0) is 15.5. The molecule has 5 nitrogen and oxygen atoms in total. The number of rotatable bonds is 8. The first-order valence-electron chi connectivity index (χ1n) is 7.27. The van der Waals surface area contributed by atoms with Gasteiger partial charge in [-0.1, -0.05) is 26.2 Å². The van der Waals surface area contributed by atoms with Crippen LogP contribution < -0.4 is 0 Å². The standard InChI is InChI=1S/C14H20ClNO4S/c1-2-3-4-5-8-20-14(17)13-9-12(21(15,18)19)10-16(13)11-6-7-11/h9-11H,2-8H2,1H3. The van der Waals surface area contributed by atoms with Crippen LogP contribution in [0, 0.1) is 0 Å². The molecule has 0 aliphatic heterocycles. The number of esters is 1. The summed E-state index contributed by atoms with van der Waals surface area (Å²) in [5.74, 6) is -0.482. The van der Waals surface area contributed by atoms with Crippen molar-refractivity contribution in [2.45, 2.75) is 56.4 Å². The SMILES string of the molecule is CCCCCCOC(=O)c1cc(S(=O)(=O)Cl)cn1C1CC1. The van der Waals surface area contributed by atoms with Gasteiger partial charge < -0.3 is 9.30 Å². The molecule has 1 heterocycles. The fourth-order valence-corrected chi connectivity index (χ4v) is 2.92. The highest BCUT2D eigenvalue weighted by molar-refractivity contribution is 8.13. The topological polar surface area (TPSA) is 65.4 Å². The van der Waals surface area contributed by atoms with Crippen LogP contribution in [0.15, 0.2) is 17.2 Å². The average Bonchev–Trinajstić information content (AvgIpc) is 3.15. The maximum absolute atomic E-state index is 12.1. The Labute approximate surface area is 129 Å². The van der Waals surface area contributed by atoms with Gasteiger partial charge in [0.15, 0.2) is 0 Å². The number of hydrogen-bond donors (Lipinski definition) is 0. The van der Waals surface area contributed by atoms with E-state index in [2.05, 4.69) is 6.92 Å². The normalized spacial score (nSPS) is 15.1. The van der Waals surface area contributed by atoms with Crippen LogP contribution in [0.4, 0.5) is 0 Å². The number of unbranched alkanes of at least 4 members (excludes halogenated alkanes) is 3. The minimum atomic E-state index is -3.83. The van der Waals surface area contributed by atoms with Crippen LogP contribution in [-0.4, -0.2) is 25.6 Å². The van der Waals surface area contributed by atoms with Crippen molar-refractivity contribution in [2.24, 2.45) is 0 Å². The highest BCUT2D eigenvalue weighted by Crippen LogP contribution is 2.37. The van der Waals surface area contributed by atoms with Crippen LogP contribution >= 0.6 is 10.7 Å². The molecule has 1 saturated carbocycles. The lowest BCUT2D eigenvalue weighted by Gasteiger charge is -2.07. The Morgan fingerprint density at radius 3 is 2.67 bits per heavy atom. The van der Waals surface area contributed by atoms with Crippen LogP contribution in [0.1, 0.15) is 62.0 Å². The maximum atomic E-state index is 12.1. The largest absolute Gasteiger partial charge is 0.461 e. The average molecular weight is 334 g/mol. The van der Waals surface area contributed by atoms with E-state index in [1.54, 1.807) is 4.57 Å². The quantitative estimate of drug-likeness (QED) is 0.415. The smallest absolute Gasteiger partial charge is 0.354 e. The van der Waals surface area contributed by atoms with Gasteiger partial charge in [0.25, 0.3) is 9.05 Å². The zero-order valence-electron chi connectivity index (χ0n) is 12.0. The molecule has 7 heteroatoms. The predicted octanol–water partition coefficient (Wildman–Crippen LogP) is 3.49. The Kier molecular flexibility index (Phi) is 5.32. The first-order chi connectivity index (χ1) is 9.93. The summed E-state index contributed by atoms with van der Waals surface area (Å²) in [6.07, 6.45) is 7.38. The van der Waals surface area contributed by atoms with Gasteiger partial charge >= 0.3 is 5.97 Å². The minimum Gasteiger partial charge on any atom is -0.461 e. The molecule has 1 aliphatic rings. The van der Waals surface area contributed by atoms with Gasteiger partial charge in [0.05, 0.1) is 6.61 Å². The van der Waals surface area contributed by atoms with Crippen molar-refractivity contribution in [3.05, 3.63) is 18.0 Å². The summed E-state index contributed by atoms with van der Waals surface area (Å²) in [5.41, 5.74) is 0.271. The van der Waals surface area contributed by atoms with Crippen molar-refractivity contribution < 1.29 is 17.9 Å². The van der Waals surface area contributed by atoms with Gasteiger partial charge in [-0.2, -0.15) is 0 Å². The Morgan fingerprint density at radius 2 is 2.10 bits per heavy atom. The lowest BCUT2D eigenvalue weighted by Crippen LogP contribution is -2.11. The molecule has 0 saturated heterocycles. The summed E-state index contributed by atoms with van der Waals surface area (Å²) < 4.78 is 29.7. The monoisotopic (exact) mass is 333 g/mol. The number of aromatic nitrogens is 1. The lowest BCUT2D eigenvalue weighted by atomic mass is 10.2. The van der Waals surface area contributed by atoms with Gasteiger partial charge in [-0.05, 0) is 25.3 Å². The molecule has 0 N–H and O–H groups in total. The van der Waals surface area contributed by atoms with E-state index in [9.17, 15) is 13.2 Å². The Bertz CT molecular complexity index is 604. The Morgan fingerprint density at radius 1 is 1.38 bits per heavy atom. The van der Waals surface area contributed by atoms with Gasteiger partial charge in [0.2, 0.25) is 0 Å². The second-order valence-electron chi connectivity index (χ2n) is 5.33. The molecule has 0 atom stereocenters. The van der Waals surface area contributed by atoms with E-state index in [-0.39, 0.29) is 16.6 Å². The van der Waals surface area contributed by atoms with E-state index in [1.807, 2.05) is 0 Å². The molecule has 118 valence electrons. The number of nitrogens with zero attached hydrogens (tertiary/aromatic N) is 1. The third kappa shape index (κ3) is 4.48. The molecule has 0 amide bonds. The Hall–Kier alpha value is -1.01. The number of halogens is 1. The first-order valence-corrected chi connectivity index (χ1v) is 9.58. The van der Waals surface area contributed by atoms with E-state index in [1.165, 1.54) is 12.3 Å². The second-order valence-corrected chi connectivity index (χ2v) is 7.90. The van der Waals surface area contributed by atoms with Crippen LogP contribution in [-0.2, 0) is 13.8 Å². The van der Waals surface area contributed by atoms with Gasteiger partial charge in [-0.15, -0.1) is 0 Å². The molecule has 21 heavy (non-hydrogen) atoms. The van der Waals surface area contributed by atoms with E-state index in [0.717, 1.165) is 38.5 Å². The maximum Gasteiger partial charge on any atom is 0.354 e. The molecule has 1 aliphatic carbocycles. The van der Waals surface area contributed by atoms with Crippen molar-refractivity contribution in [2.75, 3.05) is 6.61 Å². The van der Waals surface area contributed by atoms with Crippen molar-refractivity contribution in [1.82, 2.24) is 4.57 Å². The molecule has 0 aromatic carbocycles. The molecule has 1 fully saturated rings. The summed E-state index contributed by atoms with van der Waals surface area (Å²) in [4.78, 5) is 12.0. The molecule has 0 radical (unpaired) electrons. The van der Waals surface area contributed by atoms with Crippen LogP contribution in [0.2, 0.25) is 0 Å². The first kappa shape index (κ1) is 16.4. The third-order valence-electron chi connectivity index (χ3n) is 3.49. The second kappa shape index (κ2) is 6.83. The fraction of sp³-hybridized carbons (Fsp3) is 0.643. The zero-order valence-corrected chi connectivity index (χ0v) is 13.6. The summed E-state index contributed by atoms with van der Waals surface area (Å²) in [6, 6.07) is 1.48. The fourth-order valence-electron chi connectivity index (χ4n) is 2.17. The molecule has 1 aromatic heterocycles. The lowest BCUT2D eigenvalue weighted by molar-refractivity contribution is 0.0485. The van der Waals surface area contributed by atoms with Gasteiger partial charge in [-0.3, -0.25) is 0 Å². The van der Waals surface area contributed by atoms with Crippen molar-refractivity contribution in [1.29, 1.82) is 0 Å². The van der Waals surface area contributed by atoms with Crippen molar-refractivity contribution in [3.8, 4) is 0 Å². The van der Waals surface area contributed by atoms with E-state index >= 15 is 0 Å². The van der Waals surface area contributed by atoms with E-state index in [0.29, 0.717) is 6.61 Å². The highest BCUT2D eigenvalue weighted by Gasteiger charge is 2.30. The highest BCUT2D eigenvalue weighted by atomic mass is 35.7. The van der Waals surface area contributed by atoms with Gasteiger partial charge in [0, 0.05) is 22.9 Å². The molecule has 0 unspecified atom stereocenters. The van der Waals surface area contributed by atoms with Crippen LogP contribution in [0.3, 0.4) is 0 Å². The molecular weight excluding hydrogens is 314 g/mol. The van der Waals surface area contributed by atoms with Crippen molar-refractivity contribution in [3.63, 3.8) is 0 Å². The number of hydrogen-bond acceptors (Lipinski definition) is 4. The van der Waals surface area contributed by atoms with E-state index in [4.69, 9.17) is 15.4 Å². The number of carbonyl (C=O) groups is 1. The third-order valence-corrected chi connectivity index (χ3v) is 4.81. The number of carbonyl (C=O) groups excluding carboxylic acids is 1. The summed E-state index contributed by atoms with van der Waals surface area (Å²) in [7, 11) is 1.51. The predicted molar refractivity (Wildman–Crippen MR) is 80.2 cm³/mol. The van der Waals surface area contributed by atoms with E-state index < -0.39 is 15.0 Å². The summed E-state index contributed by atoms with van der Waals surface area (Å²) in [5, 5.41) is 0. The van der Waals surface area contributed by atoms with Crippen molar-refractivity contribution >= 4 is 25.7 Å². The Balaban J connectivity index is 2.04. The van der Waals surface area contributed by atoms with Crippen LogP contribution in [0.5, 0.6) is 0 Å². The van der Waals surface area contributed by atoms with Gasteiger partial charge in [-0.25, -0.2) is 13.2 Å². The molecule has 0 spiro atoms. The summed E-state index contributed by atoms with van der Waals surface area (Å²) >= 11 is 0. The number of ether oxygens (including phenoxy) is 1. The van der Waals surface area contributed by atoms with Gasteiger partial charge in [0.1, 0.15) is 10.6 Å². The molecule has 0 bridgehead atoms. The summed E-state index contributed by atoms with van der Waals surface area (Å²) in [6.45, 7) is 2.47. The minimum absolute atomic E-state index is 0.0472. The van der Waals surface area contributed by atoms with Crippen LogP contribution in [0.25, 0.3) is 0 Å². The molecular formula is C14H20ClNO4S. The molecule has 1 aromatic rings.